The summed E-state index contributed by atoms with van der Waals surface area (Å²) >= 11 is 0. The first kappa shape index (κ1) is 16.2. The number of unbranched alkanes of at least 4 members (excludes halogenated alkanes) is 1. The molecule has 0 fully saturated rings. The van der Waals surface area contributed by atoms with Crippen molar-refractivity contribution in [1.82, 2.24) is 0 Å². The summed E-state index contributed by atoms with van der Waals surface area (Å²) in [4.78, 5) is 0. The average molecular weight is 293 g/mol. The lowest BCUT2D eigenvalue weighted by molar-refractivity contribution is -0.137. The van der Waals surface area contributed by atoms with Gasteiger partial charge in [-0.1, -0.05) is 25.5 Å². The largest absolute Gasteiger partial charge is 0.416 e. The lowest BCUT2D eigenvalue weighted by atomic mass is 10.1. The highest BCUT2D eigenvalue weighted by Gasteiger charge is 2.30. The Kier molecular flexibility index (Phi) is 6.00. The Balaban J connectivity index is 2.72. The second-order valence-electron chi connectivity index (χ2n) is 4.39. The van der Waals surface area contributed by atoms with Gasteiger partial charge in [0.1, 0.15) is 0 Å². The summed E-state index contributed by atoms with van der Waals surface area (Å²) < 4.78 is 49.4. The molecular weight excluding hydrogens is 275 g/mol. The van der Waals surface area contributed by atoms with Crippen molar-refractivity contribution in [3.05, 3.63) is 35.4 Å². The van der Waals surface area contributed by atoms with Crippen molar-refractivity contribution in [1.29, 1.82) is 0 Å². The zero-order valence-corrected chi connectivity index (χ0v) is 11.6. The zero-order valence-electron chi connectivity index (χ0n) is 10.7. The fraction of sp³-hybridized carbons (Fsp3) is 0.538. The minimum Gasteiger partial charge on any atom is -0.323 e. The van der Waals surface area contributed by atoms with E-state index in [9.17, 15) is 17.4 Å². The summed E-state index contributed by atoms with van der Waals surface area (Å²) in [5.74, 6) is 0.741. The van der Waals surface area contributed by atoms with Gasteiger partial charge in [0.2, 0.25) is 0 Å². The predicted octanol–water partition coefficient (Wildman–Crippen LogP) is 3.25. The molecule has 0 saturated carbocycles. The van der Waals surface area contributed by atoms with Crippen molar-refractivity contribution in [3.8, 4) is 0 Å². The van der Waals surface area contributed by atoms with Crippen molar-refractivity contribution in [2.24, 2.45) is 5.73 Å². The van der Waals surface area contributed by atoms with Gasteiger partial charge in [-0.25, -0.2) is 0 Å². The van der Waals surface area contributed by atoms with Gasteiger partial charge in [-0.3, -0.25) is 4.21 Å². The maximum absolute atomic E-state index is 12.6. The van der Waals surface area contributed by atoms with Crippen LogP contribution in [-0.2, 0) is 17.0 Å². The maximum atomic E-state index is 12.6. The molecule has 0 aliphatic rings. The topological polar surface area (TPSA) is 43.1 Å². The van der Waals surface area contributed by atoms with E-state index in [1.807, 2.05) is 6.92 Å². The lowest BCUT2D eigenvalue weighted by Gasteiger charge is -2.14. The molecule has 1 aromatic rings. The molecule has 1 aromatic carbocycles. The molecular formula is C13H18F3NOS. The average Bonchev–Trinajstić information content (AvgIpc) is 2.35. The molecule has 19 heavy (non-hydrogen) atoms. The number of nitrogens with two attached hydrogens (primary N) is 1. The third kappa shape index (κ3) is 5.32. The first-order valence-electron chi connectivity index (χ1n) is 6.12. The number of halogens is 3. The van der Waals surface area contributed by atoms with Gasteiger partial charge in [-0.15, -0.1) is 0 Å². The third-order valence-corrected chi connectivity index (χ3v) is 4.21. The highest BCUT2D eigenvalue weighted by Crippen LogP contribution is 2.30. The SMILES string of the molecule is CCCCS(=O)CC(N)c1cccc(C(F)(F)F)c1. The van der Waals surface area contributed by atoms with Crippen LogP contribution in [0.2, 0.25) is 0 Å². The Morgan fingerprint density at radius 3 is 2.63 bits per heavy atom. The quantitative estimate of drug-likeness (QED) is 0.875. The molecule has 2 nitrogen and oxygen atoms in total. The van der Waals surface area contributed by atoms with Gasteiger partial charge >= 0.3 is 6.18 Å². The molecule has 0 amide bonds. The van der Waals surface area contributed by atoms with E-state index in [0.29, 0.717) is 11.3 Å². The van der Waals surface area contributed by atoms with Crippen molar-refractivity contribution in [2.75, 3.05) is 11.5 Å². The number of hydrogen-bond donors (Lipinski definition) is 1. The maximum Gasteiger partial charge on any atom is 0.416 e. The fourth-order valence-corrected chi connectivity index (χ4v) is 3.00. The normalized spacial score (nSPS) is 15.2. The Morgan fingerprint density at radius 1 is 1.37 bits per heavy atom. The van der Waals surface area contributed by atoms with Crippen LogP contribution >= 0.6 is 0 Å². The summed E-state index contributed by atoms with van der Waals surface area (Å²) in [7, 11) is -1.08. The van der Waals surface area contributed by atoms with Gasteiger partial charge in [-0.05, 0) is 24.1 Å². The molecule has 0 bridgehead atoms. The highest BCUT2D eigenvalue weighted by molar-refractivity contribution is 7.85. The number of alkyl halides is 3. The number of rotatable bonds is 6. The van der Waals surface area contributed by atoms with Crippen LogP contribution in [0.1, 0.15) is 36.9 Å². The van der Waals surface area contributed by atoms with Crippen LogP contribution in [0.25, 0.3) is 0 Å². The standard InChI is InChI=1S/C13H18F3NOS/c1-2-3-7-19(18)9-12(17)10-5-4-6-11(8-10)13(14,15)16/h4-6,8,12H,2-3,7,9,17H2,1H3. The molecule has 108 valence electrons. The van der Waals surface area contributed by atoms with Crippen LogP contribution < -0.4 is 5.73 Å². The van der Waals surface area contributed by atoms with Crippen LogP contribution in [-0.4, -0.2) is 15.7 Å². The number of hydrogen-bond acceptors (Lipinski definition) is 2. The Hall–Kier alpha value is -0.880. The van der Waals surface area contributed by atoms with Crippen molar-refractivity contribution in [3.63, 3.8) is 0 Å². The minimum atomic E-state index is -4.38. The van der Waals surface area contributed by atoms with E-state index in [0.717, 1.165) is 25.0 Å². The van der Waals surface area contributed by atoms with Gasteiger partial charge in [0.05, 0.1) is 5.56 Å². The molecule has 6 heteroatoms. The third-order valence-electron chi connectivity index (χ3n) is 2.73. The first-order valence-corrected chi connectivity index (χ1v) is 7.61. The fourth-order valence-electron chi connectivity index (χ4n) is 1.63. The van der Waals surface area contributed by atoms with Gasteiger partial charge < -0.3 is 5.73 Å². The molecule has 2 atom stereocenters. The Morgan fingerprint density at radius 2 is 2.05 bits per heavy atom. The molecule has 0 spiro atoms. The molecule has 2 unspecified atom stereocenters. The molecule has 0 saturated heterocycles. The monoisotopic (exact) mass is 293 g/mol. The van der Waals surface area contributed by atoms with E-state index in [-0.39, 0.29) is 5.75 Å². The molecule has 1 rings (SSSR count). The van der Waals surface area contributed by atoms with Gasteiger partial charge in [0.25, 0.3) is 0 Å². The summed E-state index contributed by atoms with van der Waals surface area (Å²) in [6.45, 7) is 1.99. The van der Waals surface area contributed by atoms with E-state index in [1.54, 1.807) is 0 Å². The van der Waals surface area contributed by atoms with Gasteiger partial charge in [0.15, 0.2) is 0 Å². The van der Waals surface area contributed by atoms with E-state index in [2.05, 4.69) is 0 Å². The van der Waals surface area contributed by atoms with E-state index in [4.69, 9.17) is 5.73 Å². The summed E-state index contributed by atoms with van der Waals surface area (Å²) in [5, 5.41) is 0. The summed E-state index contributed by atoms with van der Waals surface area (Å²) in [5.41, 5.74) is 5.47. The highest BCUT2D eigenvalue weighted by atomic mass is 32.2. The molecule has 2 N–H and O–H groups in total. The number of benzene rings is 1. The van der Waals surface area contributed by atoms with Crippen LogP contribution in [0.5, 0.6) is 0 Å². The van der Waals surface area contributed by atoms with Gasteiger partial charge in [0, 0.05) is 28.3 Å². The van der Waals surface area contributed by atoms with Crippen LogP contribution in [0.3, 0.4) is 0 Å². The molecule has 0 aromatic heterocycles. The minimum absolute atomic E-state index is 0.196. The van der Waals surface area contributed by atoms with E-state index in [1.165, 1.54) is 12.1 Å². The Labute approximate surface area is 113 Å². The molecule has 0 radical (unpaired) electrons. The van der Waals surface area contributed by atoms with Crippen LogP contribution in [0.15, 0.2) is 24.3 Å². The molecule has 0 aliphatic heterocycles. The predicted molar refractivity (Wildman–Crippen MR) is 71.2 cm³/mol. The first-order chi connectivity index (χ1) is 8.84. The van der Waals surface area contributed by atoms with E-state index >= 15 is 0 Å². The zero-order chi connectivity index (χ0) is 14.5. The second kappa shape index (κ2) is 7.05. The van der Waals surface area contributed by atoms with Crippen LogP contribution in [0.4, 0.5) is 13.2 Å². The molecule has 0 aliphatic carbocycles. The lowest BCUT2D eigenvalue weighted by Crippen LogP contribution is -2.20. The van der Waals surface area contributed by atoms with E-state index < -0.39 is 28.6 Å². The van der Waals surface area contributed by atoms with Gasteiger partial charge in [-0.2, -0.15) is 13.2 Å². The second-order valence-corrected chi connectivity index (χ2v) is 6.02. The van der Waals surface area contributed by atoms with Crippen LogP contribution in [0, 0.1) is 0 Å². The smallest absolute Gasteiger partial charge is 0.323 e. The summed E-state index contributed by atoms with van der Waals surface area (Å²) in [6, 6.07) is 4.27. The summed E-state index contributed by atoms with van der Waals surface area (Å²) in [6.07, 6.45) is -2.61. The Bertz CT molecular complexity index is 434. The van der Waals surface area contributed by atoms with Crippen molar-refractivity contribution < 1.29 is 17.4 Å². The van der Waals surface area contributed by atoms with Crippen molar-refractivity contribution >= 4 is 10.8 Å². The molecule has 0 heterocycles. The van der Waals surface area contributed by atoms with Crippen molar-refractivity contribution in [2.45, 2.75) is 32.0 Å².